The molecule has 0 saturated carbocycles. The second kappa shape index (κ2) is 5.76. The lowest BCUT2D eigenvalue weighted by Crippen LogP contribution is -2.48. The fraction of sp³-hybridized carbons (Fsp3) is 0.308. The summed E-state index contributed by atoms with van der Waals surface area (Å²) >= 11 is 6.99. The third kappa shape index (κ3) is 2.76. The van der Waals surface area contributed by atoms with Gasteiger partial charge in [0.2, 0.25) is 0 Å². The Morgan fingerprint density at radius 1 is 1.20 bits per heavy atom. The molecule has 1 fully saturated rings. The molecule has 2 aromatic rings. The minimum absolute atomic E-state index is 0.00932. The van der Waals surface area contributed by atoms with Crippen LogP contribution >= 0.6 is 22.9 Å². The zero-order chi connectivity index (χ0) is 13.9. The SMILES string of the molecule is O=C(c1cnc(Cl)s1)N1CCN(c2ccccn2)CC1. The van der Waals surface area contributed by atoms with E-state index in [-0.39, 0.29) is 5.91 Å². The molecular formula is C13H13ClN4OS. The number of carbonyl (C=O) groups excluding carboxylic acids is 1. The van der Waals surface area contributed by atoms with Crippen LogP contribution in [-0.2, 0) is 0 Å². The Kier molecular flexibility index (Phi) is 3.84. The summed E-state index contributed by atoms with van der Waals surface area (Å²) in [5, 5.41) is 0. The highest BCUT2D eigenvalue weighted by Gasteiger charge is 2.23. The molecule has 0 aliphatic carbocycles. The zero-order valence-corrected chi connectivity index (χ0v) is 12.3. The van der Waals surface area contributed by atoms with Crippen LogP contribution in [0.3, 0.4) is 0 Å². The maximum Gasteiger partial charge on any atom is 0.265 e. The second-order valence-corrected chi connectivity index (χ2v) is 6.06. The van der Waals surface area contributed by atoms with E-state index < -0.39 is 0 Å². The van der Waals surface area contributed by atoms with E-state index in [4.69, 9.17) is 11.6 Å². The van der Waals surface area contributed by atoms with Gasteiger partial charge in [0.25, 0.3) is 5.91 Å². The fourth-order valence-corrected chi connectivity index (χ4v) is 3.09. The molecule has 0 atom stereocenters. The van der Waals surface area contributed by atoms with Crippen molar-refractivity contribution in [2.75, 3.05) is 31.1 Å². The van der Waals surface area contributed by atoms with Gasteiger partial charge in [0.15, 0.2) is 4.47 Å². The van der Waals surface area contributed by atoms with Gasteiger partial charge in [-0.25, -0.2) is 9.97 Å². The number of thiazole rings is 1. The van der Waals surface area contributed by atoms with E-state index in [9.17, 15) is 4.79 Å². The van der Waals surface area contributed by atoms with Gasteiger partial charge in [-0.15, -0.1) is 0 Å². The number of anilines is 1. The number of aromatic nitrogens is 2. The van der Waals surface area contributed by atoms with Gasteiger partial charge in [-0.2, -0.15) is 0 Å². The molecule has 1 amide bonds. The molecule has 104 valence electrons. The molecule has 0 N–H and O–H groups in total. The average molecular weight is 309 g/mol. The quantitative estimate of drug-likeness (QED) is 0.853. The smallest absolute Gasteiger partial charge is 0.265 e. The molecule has 0 bridgehead atoms. The molecule has 2 aromatic heterocycles. The molecule has 1 aliphatic rings. The van der Waals surface area contributed by atoms with Crippen LogP contribution in [0, 0.1) is 0 Å². The molecule has 3 rings (SSSR count). The van der Waals surface area contributed by atoms with Gasteiger partial charge in [-0.3, -0.25) is 4.79 Å². The van der Waals surface area contributed by atoms with Crippen molar-refractivity contribution in [1.29, 1.82) is 0 Å². The van der Waals surface area contributed by atoms with E-state index in [0.29, 0.717) is 22.4 Å². The monoisotopic (exact) mass is 308 g/mol. The van der Waals surface area contributed by atoms with Crippen molar-refractivity contribution >= 4 is 34.7 Å². The summed E-state index contributed by atoms with van der Waals surface area (Å²) in [6, 6.07) is 5.86. The van der Waals surface area contributed by atoms with Crippen LogP contribution in [0.4, 0.5) is 5.82 Å². The van der Waals surface area contributed by atoms with E-state index >= 15 is 0 Å². The van der Waals surface area contributed by atoms with E-state index in [1.807, 2.05) is 23.1 Å². The van der Waals surface area contributed by atoms with Crippen molar-refractivity contribution in [3.8, 4) is 0 Å². The van der Waals surface area contributed by atoms with Gasteiger partial charge in [-0.05, 0) is 12.1 Å². The molecule has 7 heteroatoms. The van der Waals surface area contributed by atoms with Gasteiger partial charge < -0.3 is 9.80 Å². The molecule has 0 aromatic carbocycles. The lowest BCUT2D eigenvalue weighted by atomic mass is 10.3. The molecule has 1 saturated heterocycles. The number of rotatable bonds is 2. The van der Waals surface area contributed by atoms with Crippen molar-refractivity contribution in [3.05, 3.63) is 39.9 Å². The van der Waals surface area contributed by atoms with Crippen LogP contribution in [0.15, 0.2) is 30.6 Å². The minimum atomic E-state index is 0.00932. The number of pyridine rings is 1. The van der Waals surface area contributed by atoms with Crippen LogP contribution in [0.1, 0.15) is 9.67 Å². The second-order valence-electron chi connectivity index (χ2n) is 4.44. The number of hydrogen-bond acceptors (Lipinski definition) is 5. The van der Waals surface area contributed by atoms with E-state index in [1.54, 1.807) is 12.4 Å². The van der Waals surface area contributed by atoms with E-state index in [1.165, 1.54) is 11.3 Å². The lowest BCUT2D eigenvalue weighted by molar-refractivity contribution is 0.0751. The summed E-state index contributed by atoms with van der Waals surface area (Å²) in [5.74, 6) is 0.968. The summed E-state index contributed by atoms with van der Waals surface area (Å²) in [5.41, 5.74) is 0. The van der Waals surface area contributed by atoms with Crippen molar-refractivity contribution in [3.63, 3.8) is 0 Å². The first-order valence-electron chi connectivity index (χ1n) is 6.30. The Morgan fingerprint density at radius 2 is 2.00 bits per heavy atom. The van der Waals surface area contributed by atoms with E-state index in [2.05, 4.69) is 14.9 Å². The first kappa shape index (κ1) is 13.3. The lowest BCUT2D eigenvalue weighted by Gasteiger charge is -2.35. The molecule has 20 heavy (non-hydrogen) atoms. The predicted molar refractivity (Wildman–Crippen MR) is 79.5 cm³/mol. The summed E-state index contributed by atoms with van der Waals surface area (Å²) in [7, 11) is 0. The van der Waals surface area contributed by atoms with Crippen LogP contribution in [0.25, 0.3) is 0 Å². The van der Waals surface area contributed by atoms with Gasteiger partial charge in [-0.1, -0.05) is 29.0 Å². The molecule has 3 heterocycles. The van der Waals surface area contributed by atoms with Gasteiger partial charge in [0, 0.05) is 32.4 Å². The van der Waals surface area contributed by atoms with E-state index in [0.717, 1.165) is 18.9 Å². The third-order valence-electron chi connectivity index (χ3n) is 3.23. The Balaban J connectivity index is 1.63. The van der Waals surface area contributed by atoms with Gasteiger partial charge in [0.1, 0.15) is 10.7 Å². The molecule has 1 aliphatic heterocycles. The number of halogens is 1. The Morgan fingerprint density at radius 3 is 2.60 bits per heavy atom. The van der Waals surface area contributed by atoms with Gasteiger partial charge >= 0.3 is 0 Å². The molecule has 5 nitrogen and oxygen atoms in total. The highest BCUT2D eigenvalue weighted by Crippen LogP contribution is 2.20. The number of hydrogen-bond donors (Lipinski definition) is 0. The Hall–Kier alpha value is -1.66. The summed E-state index contributed by atoms with van der Waals surface area (Å²) in [6.45, 7) is 2.94. The standard InChI is InChI=1S/C13H13ClN4OS/c14-13-16-9-10(20-13)12(19)18-7-5-17(6-8-18)11-3-1-2-4-15-11/h1-4,9H,5-8H2. The maximum atomic E-state index is 12.3. The van der Waals surface area contributed by atoms with Crippen molar-refractivity contribution in [2.24, 2.45) is 0 Å². The number of amides is 1. The minimum Gasteiger partial charge on any atom is -0.353 e. The summed E-state index contributed by atoms with van der Waals surface area (Å²) in [6.07, 6.45) is 3.33. The predicted octanol–water partition coefficient (Wildman–Crippen LogP) is 2.15. The average Bonchev–Trinajstić information content (AvgIpc) is 2.94. The van der Waals surface area contributed by atoms with Crippen LogP contribution < -0.4 is 4.90 Å². The molecule has 0 spiro atoms. The first-order valence-corrected chi connectivity index (χ1v) is 7.50. The largest absolute Gasteiger partial charge is 0.353 e. The van der Waals surface area contributed by atoms with Crippen LogP contribution in [0.2, 0.25) is 4.47 Å². The zero-order valence-electron chi connectivity index (χ0n) is 10.7. The highest BCUT2D eigenvalue weighted by atomic mass is 35.5. The topological polar surface area (TPSA) is 49.3 Å². The third-order valence-corrected chi connectivity index (χ3v) is 4.33. The first-order chi connectivity index (χ1) is 9.74. The van der Waals surface area contributed by atoms with Crippen molar-refractivity contribution in [1.82, 2.24) is 14.9 Å². The van der Waals surface area contributed by atoms with Crippen molar-refractivity contribution < 1.29 is 4.79 Å². The summed E-state index contributed by atoms with van der Waals surface area (Å²) in [4.78, 5) is 25.1. The number of piperazine rings is 1. The fourth-order valence-electron chi connectivity index (χ4n) is 2.19. The molecule has 0 radical (unpaired) electrons. The van der Waals surface area contributed by atoms with Gasteiger partial charge in [0.05, 0.1) is 6.20 Å². The Labute approximate surface area is 125 Å². The van der Waals surface area contributed by atoms with Crippen LogP contribution in [-0.4, -0.2) is 47.0 Å². The normalized spacial score (nSPS) is 15.4. The number of nitrogens with zero attached hydrogens (tertiary/aromatic N) is 4. The Bertz CT molecular complexity index is 595. The van der Waals surface area contributed by atoms with Crippen molar-refractivity contribution in [2.45, 2.75) is 0 Å². The maximum absolute atomic E-state index is 12.3. The van der Waals surface area contributed by atoms with Crippen LogP contribution in [0.5, 0.6) is 0 Å². The summed E-state index contributed by atoms with van der Waals surface area (Å²) < 4.78 is 0.403. The molecule has 0 unspecified atom stereocenters. The highest BCUT2D eigenvalue weighted by molar-refractivity contribution is 7.17. The molecular weight excluding hydrogens is 296 g/mol. The number of carbonyl (C=O) groups is 1.